The molecule has 0 heterocycles. The van der Waals surface area contributed by atoms with Crippen LogP contribution in [0, 0.1) is 0 Å². The monoisotopic (exact) mass is 450 g/mol. The number of nitrogens with one attached hydrogen (secondary N) is 2. The number of amides is 1. The quantitative estimate of drug-likeness (QED) is 0.719. The summed E-state index contributed by atoms with van der Waals surface area (Å²) in [5, 5.41) is 3.05. The summed E-state index contributed by atoms with van der Waals surface area (Å²) in [6, 6.07) is 9.82. The van der Waals surface area contributed by atoms with Gasteiger partial charge < -0.3 is 5.32 Å². The predicted octanol–water partition coefficient (Wildman–Crippen LogP) is 4.06. The van der Waals surface area contributed by atoms with Crippen molar-refractivity contribution in [1.29, 1.82) is 0 Å². The van der Waals surface area contributed by atoms with Crippen molar-refractivity contribution in [1.82, 2.24) is 4.72 Å². The molecule has 9 heteroatoms. The molecule has 0 aliphatic rings. The van der Waals surface area contributed by atoms with Crippen LogP contribution >= 0.6 is 39.1 Å². The van der Waals surface area contributed by atoms with E-state index in [1.54, 1.807) is 30.3 Å². The molecular weight excluding hydrogens is 439 g/mol. The van der Waals surface area contributed by atoms with Crippen LogP contribution in [0.5, 0.6) is 0 Å². The number of halogens is 3. The van der Waals surface area contributed by atoms with Crippen molar-refractivity contribution >= 4 is 60.7 Å². The van der Waals surface area contributed by atoms with Gasteiger partial charge in [0.1, 0.15) is 0 Å². The van der Waals surface area contributed by atoms with Crippen LogP contribution in [0.25, 0.3) is 0 Å². The van der Waals surface area contributed by atoms with Gasteiger partial charge in [0.25, 0.3) is 0 Å². The standard InChI is InChI=1S/C15H13BrCl2N2O3S/c1-9(15(21)19-14-12(17)3-2-4-13(14)18)20-24(22,23)11-7-5-10(16)6-8-11/h2-9,20H,1H3,(H,19,21). The molecule has 0 fully saturated rings. The summed E-state index contributed by atoms with van der Waals surface area (Å²) < 4.78 is 27.6. The maximum atomic E-state index is 12.3. The summed E-state index contributed by atoms with van der Waals surface area (Å²) >= 11 is 15.2. The number of hydrogen-bond donors (Lipinski definition) is 2. The molecule has 0 spiro atoms. The van der Waals surface area contributed by atoms with E-state index in [-0.39, 0.29) is 20.6 Å². The van der Waals surface area contributed by atoms with E-state index in [2.05, 4.69) is 26.0 Å². The first kappa shape index (κ1) is 19.2. The molecule has 0 radical (unpaired) electrons. The SMILES string of the molecule is CC(NS(=O)(=O)c1ccc(Br)cc1)C(=O)Nc1c(Cl)cccc1Cl. The van der Waals surface area contributed by atoms with E-state index in [0.29, 0.717) is 0 Å². The number of anilines is 1. The van der Waals surface area contributed by atoms with E-state index in [9.17, 15) is 13.2 Å². The number of para-hydroxylation sites is 1. The van der Waals surface area contributed by atoms with Crippen LogP contribution in [0.15, 0.2) is 51.8 Å². The fourth-order valence-corrected chi connectivity index (χ4v) is 3.78. The topological polar surface area (TPSA) is 75.3 Å². The second-order valence-electron chi connectivity index (χ2n) is 4.88. The van der Waals surface area contributed by atoms with Gasteiger partial charge in [-0.05, 0) is 43.3 Å². The molecule has 0 aliphatic carbocycles. The molecule has 5 nitrogen and oxygen atoms in total. The Morgan fingerprint density at radius 1 is 1.08 bits per heavy atom. The first-order valence-corrected chi connectivity index (χ1v) is 9.76. The maximum Gasteiger partial charge on any atom is 0.242 e. The van der Waals surface area contributed by atoms with Gasteiger partial charge >= 0.3 is 0 Å². The Hall–Kier alpha value is -1.12. The van der Waals surface area contributed by atoms with Gasteiger partial charge in [0.15, 0.2) is 0 Å². The van der Waals surface area contributed by atoms with E-state index in [1.807, 2.05) is 0 Å². The van der Waals surface area contributed by atoms with E-state index in [1.165, 1.54) is 19.1 Å². The molecule has 2 aromatic carbocycles. The third-order valence-electron chi connectivity index (χ3n) is 3.06. The molecule has 0 saturated heterocycles. The summed E-state index contributed by atoms with van der Waals surface area (Å²) in [6.07, 6.45) is 0. The summed E-state index contributed by atoms with van der Waals surface area (Å²) in [5.74, 6) is -0.578. The molecule has 1 atom stereocenters. The Morgan fingerprint density at radius 2 is 1.62 bits per heavy atom. The van der Waals surface area contributed by atoms with Crippen molar-refractivity contribution < 1.29 is 13.2 Å². The van der Waals surface area contributed by atoms with E-state index < -0.39 is 22.0 Å². The molecule has 128 valence electrons. The van der Waals surface area contributed by atoms with Crippen LogP contribution in [-0.2, 0) is 14.8 Å². The molecule has 2 rings (SSSR count). The minimum atomic E-state index is -3.83. The van der Waals surface area contributed by atoms with Gasteiger partial charge in [-0.1, -0.05) is 45.2 Å². The van der Waals surface area contributed by atoms with Crippen molar-refractivity contribution in [3.63, 3.8) is 0 Å². The van der Waals surface area contributed by atoms with E-state index in [0.717, 1.165) is 4.47 Å². The number of rotatable bonds is 5. The van der Waals surface area contributed by atoms with Gasteiger partial charge in [-0.2, -0.15) is 4.72 Å². The average molecular weight is 452 g/mol. The Bertz CT molecular complexity index is 837. The van der Waals surface area contributed by atoms with E-state index >= 15 is 0 Å². The molecular formula is C15H13BrCl2N2O3S. The van der Waals surface area contributed by atoms with E-state index in [4.69, 9.17) is 23.2 Å². The fraction of sp³-hybridized carbons (Fsp3) is 0.133. The lowest BCUT2D eigenvalue weighted by Crippen LogP contribution is -2.41. The van der Waals surface area contributed by atoms with Crippen LogP contribution in [0.4, 0.5) is 5.69 Å². The molecule has 0 aliphatic heterocycles. The van der Waals surface area contributed by atoms with Gasteiger partial charge in [0.2, 0.25) is 15.9 Å². The van der Waals surface area contributed by atoms with Crippen molar-refractivity contribution in [2.75, 3.05) is 5.32 Å². The molecule has 24 heavy (non-hydrogen) atoms. The fourth-order valence-electron chi connectivity index (χ4n) is 1.82. The summed E-state index contributed by atoms with van der Waals surface area (Å²) in [4.78, 5) is 12.3. The van der Waals surface area contributed by atoms with Crippen molar-refractivity contribution in [2.24, 2.45) is 0 Å². The second-order valence-corrected chi connectivity index (χ2v) is 8.33. The smallest absolute Gasteiger partial charge is 0.242 e. The predicted molar refractivity (Wildman–Crippen MR) is 99.0 cm³/mol. The zero-order chi connectivity index (χ0) is 17.9. The molecule has 0 bridgehead atoms. The van der Waals surface area contributed by atoms with Crippen LogP contribution in [0.3, 0.4) is 0 Å². The minimum Gasteiger partial charge on any atom is -0.322 e. The first-order chi connectivity index (χ1) is 11.2. The van der Waals surface area contributed by atoms with Gasteiger partial charge in [-0.15, -0.1) is 0 Å². The highest BCUT2D eigenvalue weighted by molar-refractivity contribution is 9.10. The Labute approximate surface area is 158 Å². The zero-order valence-electron chi connectivity index (χ0n) is 12.4. The van der Waals surface area contributed by atoms with Crippen molar-refractivity contribution in [3.8, 4) is 0 Å². The molecule has 2 N–H and O–H groups in total. The first-order valence-electron chi connectivity index (χ1n) is 6.73. The number of carbonyl (C=O) groups is 1. The molecule has 0 aromatic heterocycles. The lowest BCUT2D eigenvalue weighted by Gasteiger charge is -2.16. The number of carbonyl (C=O) groups excluding carboxylic acids is 1. The highest BCUT2D eigenvalue weighted by Gasteiger charge is 2.23. The average Bonchev–Trinajstić information content (AvgIpc) is 2.51. The number of sulfonamides is 1. The van der Waals surface area contributed by atoms with Crippen molar-refractivity contribution in [3.05, 3.63) is 57.0 Å². The lowest BCUT2D eigenvalue weighted by atomic mass is 10.3. The van der Waals surface area contributed by atoms with Gasteiger partial charge in [-0.3, -0.25) is 4.79 Å². The number of hydrogen-bond acceptors (Lipinski definition) is 3. The normalized spacial score (nSPS) is 12.7. The number of benzene rings is 2. The largest absolute Gasteiger partial charge is 0.322 e. The third-order valence-corrected chi connectivity index (χ3v) is 5.78. The molecule has 1 unspecified atom stereocenters. The van der Waals surface area contributed by atoms with Gasteiger partial charge in [0.05, 0.1) is 26.7 Å². The molecule has 0 saturated carbocycles. The van der Waals surface area contributed by atoms with Crippen LogP contribution in [0.1, 0.15) is 6.92 Å². The van der Waals surface area contributed by atoms with Gasteiger partial charge in [-0.25, -0.2) is 8.42 Å². The van der Waals surface area contributed by atoms with Crippen LogP contribution in [0.2, 0.25) is 10.0 Å². The van der Waals surface area contributed by atoms with Crippen LogP contribution in [-0.4, -0.2) is 20.4 Å². The Kier molecular flexibility index (Phi) is 6.28. The second kappa shape index (κ2) is 7.84. The minimum absolute atomic E-state index is 0.0566. The third kappa shape index (κ3) is 4.70. The lowest BCUT2D eigenvalue weighted by molar-refractivity contribution is -0.117. The highest BCUT2D eigenvalue weighted by Crippen LogP contribution is 2.29. The maximum absolute atomic E-state index is 12.3. The highest BCUT2D eigenvalue weighted by atomic mass is 79.9. The summed E-state index contributed by atoms with van der Waals surface area (Å²) in [6.45, 7) is 1.43. The summed E-state index contributed by atoms with van der Waals surface area (Å²) in [5.41, 5.74) is 0.237. The Balaban J connectivity index is 2.12. The van der Waals surface area contributed by atoms with Crippen molar-refractivity contribution in [2.45, 2.75) is 17.9 Å². The summed E-state index contributed by atoms with van der Waals surface area (Å²) in [7, 11) is -3.83. The molecule has 1 amide bonds. The Morgan fingerprint density at radius 3 is 2.17 bits per heavy atom. The zero-order valence-corrected chi connectivity index (χ0v) is 16.3. The van der Waals surface area contributed by atoms with Crippen LogP contribution < -0.4 is 10.0 Å². The van der Waals surface area contributed by atoms with Gasteiger partial charge in [0, 0.05) is 4.47 Å². The molecule has 2 aromatic rings.